The molecule has 9 heteroatoms. The zero-order chi connectivity index (χ0) is 24.9. The number of ether oxygens (including phenoxy) is 3. The lowest BCUT2D eigenvalue weighted by Gasteiger charge is -2.26. The van der Waals surface area contributed by atoms with Crippen LogP contribution in [0.2, 0.25) is 0 Å². The monoisotopic (exact) mass is 499 g/mol. The lowest BCUT2D eigenvalue weighted by molar-refractivity contribution is 0.0993. The topological polar surface area (TPSA) is 75.5 Å². The number of methoxy groups -OCH3 is 3. The maximum absolute atomic E-state index is 13.3. The maximum Gasteiger partial charge on any atom is 0.203 e. The number of carbonyl (C=O) groups is 1. The van der Waals surface area contributed by atoms with Crippen LogP contribution in [0.1, 0.15) is 55.4 Å². The fourth-order valence-electron chi connectivity index (χ4n) is 4.49. The summed E-state index contributed by atoms with van der Waals surface area (Å²) in [5, 5.41) is 9.31. The first-order valence-corrected chi connectivity index (χ1v) is 12.6. The van der Waals surface area contributed by atoms with E-state index in [1.807, 2.05) is 19.1 Å². The first kappa shape index (κ1) is 25.0. The molecule has 35 heavy (non-hydrogen) atoms. The Bertz CT molecular complexity index is 1150. The Morgan fingerprint density at radius 3 is 2.20 bits per heavy atom. The minimum absolute atomic E-state index is 0.0810. The van der Waals surface area contributed by atoms with Crippen LogP contribution in [0.3, 0.4) is 0 Å². The van der Waals surface area contributed by atoms with Crippen molar-refractivity contribution in [2.24, 2.45) is 0 Å². The molecule has 1 aromatic heterocycles. The molecular weight excluding hydrogens is 469 g/mol. The van der Waals surface area contributed by atoms with Crippen molar-refractivity contribution in [1.29, 1.82) is 0 Å². The number of rotatable bonds is 9. The van der Waals surface area contributed by atoms with Crippen molar-refractivity contribution in [2.45, 2.75) is 55.5 Å². The number of halogens is 1. The Morgan fingerprint density at radius 1 is 1.00 bits per heavy atom. The number of aromatic nitrogens is 3. The number of hydrogen-bond acceptors (Lipinski definition) is 7. The van der Waals surface area contributed by atoms with Crippen molar-refractivity contribution in [3.05, 3.63) is 47.8 Å². The molecule has 0 radical (unpaired) electrons. The average molecular weight is 500 g/mol. The molecule has 1 atom stereocenters. The van der Waals surface area contributed by atoms with Crippen molar-refractivity contribution in [3.63, 3.8) is 0 Å². The molecular formula is C26H30FN3O4S. The molecule has 3 aromatic rings. The summed E-state index contributed by atoms with van der Waals surface area (Å²) in [6.07, 6.45) is 5.50. The van der Waals surface area contributed by atoms with Crippen molar-refractivity contribution in [2.75, 3.05) is 21.3 Å². The van der Waals surface area contributed by atoms with E-state index >= 15 is 0 Å². The quantitative estimate of drug-likeness (QED) is 0.265. The Balaban J connectivity index is 1.73. The number of benzene rings is 2. The molecule has 1 aliphatic carbocycles. The van der Waals surface area contributed by atoms with Gasteiger partial charge in [-0.2, -0.15) is 0 Å². The smallest absolute Gasteiger partial charge is 0.203 e. The third kappa shape index (κ3) is 5.29. The summed E-state index contributed by atoms with van der Waals surface area (Å²) in [5.74, 6) is 1.83. The van der Waals surface area contributed by atoms with Gasteiger partial charge in [-0.3, -0.25) is 9.36 Å². The molecule has 7 nitrogen and oxygen atoms in total. The van der Waals surface area contributed by atoms with Gasteiger partial charge in [0, 0.05) is 17.2 Å². The minimum atomic E-state index is -0.417. The second kappa shape index (κ2) is 11.1. The first-order valence-electron chi connectivity index (χ1n) is 11.7. The van der Waals surface area contributed by atoms with Gasteiger partial charge in [0.05, 0.1) is 26.6 Å². The van der Waals surface area contributed by atoms with E-state index in [0.29, 0.717) is 33.8 Å². The highest BCUT2D eigenvalue weighted by molar-refractivity contribution is 8.00. The van der Waals surface area contributed by atoms with E-state index in [1.165, 1.54) is 42.4 Å². The fourth-order valence-corrected chi connectivity index (χ4v) is 5.49. The molecule has 1 fully saturated rings. The SMILES string of the molecule is COc1cc(-c2nnc(SC(C)C(=O)c3ccc(F)cc3)n2C2CCCCC2)cc(OC)c1OC. The predicted octanol–water partition coefficient (Wildman–Crippen LogP) is 5.98. The molecule has 1 heterocycles. The molecule has 0 N–H and O–H groups in total. The van der Waals surface area contributed by atoms with Gasteiger partial charge in [0.25, 0.3) is 0 Å². The van der Waals surface area contributed by atoms with Crippen molar-refractivity contribution >= 4 is 17.5 Å². The Morgan fingerprint density at radius 2 is 1.63 bits per heavy atom. The van der Waals surface area contributed by atoms with Gasteiger partial charge in [-0.15, -0.1) is 10.2 Å². The standard InChI is InChI=1S/C26H30FN3O4S/c1-16(23(31)17-10-12-19(27)13-11-17)35-26-29-28-25(30(26)20-8-6-5-7-9-20)18-14-21(32-2)24(34-4)22(15-18)33-3/h10-16,20H,5-9H2,1-4H3. The van der Waals surface area contributed by atoms with Crippen LogP contribution in [-0.2, 0) is 0 Å². The van der Waals surface area contributed by atoms with Crippen LogP contribution in [0, 0.1) is 5.82 Å². The Labute approximate surface area is 209 Å². The zero-order valence-corrected chi connectivity index (χ0v) is 21.2. The largest absolute Gasteiger partial charge is 0.493 e. The normalized spacial score (nSPS) is 15.0. The summed E-state index contributed by atoms with van der Waals surface area (Å²) >= 11 is 1.37. The lowest BCUT2D eigenvalue weighted by atomic mass is 9.95. The molecule has 4 rings (SSSR count). The van der Waals surface area contributed by atoms with E-state index < -0.39 is 5.25 Å². The summed E-state index contributed by atoms with van der Waals surface area (Å²) in [6.45, 7) is 1.84. The summed E-state index contributed by atoms with van der Waals surface area (Å²) in [7, 11) is 4.73. The summed E-state index contributed by atoms with van der Waals surface area (Å²) < 4.78 is 32.0. The molecule has 2 aromatic carbocycles. The second-order valence-electron chi connectivity index (χ2n) is 8.51. The molecule has 0 amide bonds. The van der Waals surface area contributed by atoms with Gasteiger partial charge in [0.15, 0.2) is 28.3 Å². The van der Waals surface area contributed by atoms with Gasteiger partial charge < -0.3 is 14.2 Å². The van der Waals surface area contributed by atoms with E-state index in [1.54, 1.807) is 21.3 Å². The lowest BCUT2D eigenvalue weighted by Crippen LogP contribution is -2.18. The highest BCUT2D eigenvalue weighted by Crippen LogP contribution is 2.43. The van der Waals surface area contributed by atoms with Gasteiger partial charge >= 0.3 is 0 Å². The van der Waals surface area contributed by atoms with Gasteiger partial charge in [-0.05, 0) is 56.2 Å². The highest BCUT2D eigenvalue weighted by Gasteiger charge is 2.28. The second-order valence-corrected chi connectivity index (χ2v) is 9.82. The highest BCUT2D eigenvalue weighted by atomic mass is 32.2. The third-order valence-corrected chi connectivity index (χ3v) is 7.36. The predicted molar refractivity (Wildman–Crippen MR) is 133 cm³/mol. The van der Waals surface area contributed by atoms with Crippen LogP contribution in [0.5, 0.6) is 17.2 Å². The van der Waals surface area contributed by atoms with Crippen molar-refractivity contribution in [1.82, 2.24) is 14.8 Å². The van der Waals surface area contributed by atoms with Crippen molar-refractivity contribution in [3.8, 4) is 28.6 Å². The van der Waals surface area contributed by atoms with E-state index in [0.717, 1.165) is 31.2 Å². The van der Waals surface area contributed by atoms with Crippen LogP contribution in [0.25, 0.3) is 11.4 Å². The zero-order valence-electron chi connectivity index (χ0n) is 20.4. The third-order valence-electron chi connectivity index (χ3n) is 6.31. The molecule has 1 aliphatic rings. The summed E-state index contributed by atoms with van der Waals surface area (Å²) in [4.78, 5) is 13.0. The van der Waals surface area contributed by atoms with Crippen LogP contribution >= 0.6 is 11.8 Å². The van der Waals surface area contributed by atoms with E-state index in [-0.39, 0.29) is 17.6 Å². The molecule has 0 spiro atoms. The van der Waals surface area contributed by atoms with Gasteiger partial charge in [0.1, 0.15) is 5.82 Å². The molecule has 186 valence electrons. The van der Waals surface area contributed by atoms with Crippen molar-refractivity contribution < 1.29 is 23.4 Å². The molecule has 0 bridgehead atoms. The average Bonchev–Trinajstić information content (AvgIpc) is 3.31. The number of nitrogens with zero attached hydrogens (tertiary/aromatic N) is 3. The number of Topliss-reactive ketones (excluding diaryl/α,β-unsaturated/α-hetero) is 1. The van der Waals surface area contributed by atoms with Crippen LogP contribution in [0.15, 0.2) is 41.6 Å². The van der Waals surface area contributed by atoms with E-state index in [2.05, 4.69) is 14.8 Å². The molecule has 0 saturated heterocycles. The minimum Gasteiger partial charge on any atom is -0.493 e. The molecule has 1 saturated carbocycles. The number of thioether (sulfide) groups is 1. The van der Waals surface area contributed by atoms with E-state index in [9.17, 15) is 9.18 Å². The van der Waals surface area contributed by atoms with Gasteiger partial charge in [-0.25, -0.2) is 4.39 Å². The van der Waals surface area contributed by atoms with Crippen LogP contribution in [0.4, 0.5) is 4.39 Å². The number of carbonyl (C=O) groups excluding carboxylic acids is 1. The maximum atomic E-state index is 13.3. The van der Waals surface area contributed by atoms with E-state index in [4.69, 9.17) is 14.2 Å². The Kier molecular flexibility index (Phi) is 7.95. The Hall–Kier alpha value is -3.07. The summed E-state index contributed by atoms with van der Waals surface area (Å²) in [6, 6.07) is 9.60. The number of ketones is 1. The van der Waals surface area contributed by atoms with Gasteiger partial charge in [-0.1, -0.05) is 31.0 Å². The van der Waals surface area contributed by atoms with Crippen LogP contribution in [-0.4, -0.2) is 47.1 Å². The van der Waals surface area contributed by atoms with Crippen LogP contribution < -0.4 is 14.2 Å². The number of hydrogen-bond donors (Lipinski definition) is 0. The molecule has 0 aliphatic heterocycles. The molecule has 1 unspecified atom stereocenters. The first-order chi connectivity index (χ1) is 17.0. The summed E-state index contributed by atoms with van der Waals surface area (Å²) in [5.41, 5.74) is 1.27. The fraction of sp³-hybridized carbons (Fsp3) is 0.423. The van der Waals surface area contributed by atoms with Gasteiger partial charge in [0.2, 0.25) is 5.75 Å².